The normalized spacial score (nSPS) is 29.1. The van der Waals surface area contributed by atoms with Gasteiger partial charge in [-0.1, -0.05) is 44.2 Å². The molecular weight excluding hydrogens is 232 g/mol. The van der Waals surface area contributed by atoms with E-state index in [4.69, 9.17) is 5.73 Å². The SMILES string of the molecule is CCC1(N)CCC(NCC(C)c2ccccc2)CC1. The standard InChI is InChI=1S/C17H28N2/c1-3-17(18)11-9-16(10-12-17)19-13-14(2)15-7-5-4-6-8-15/h4-8,14,16,19H,3,9-13,18H2,1-2H3. The first-order valence-corrected chi connectivity index (χ1v) is 7.70. The molecule has 1 aliphatic carbocycles. The smallest absolute Gasteiger partial charge is 0.0152 e. The Labute approximate surface area is 117 Å². The van der Waals surface area contributed by atoms with Crippen LogP contribution < -0.4 is 11.1 Å². The molecule has 2 heteroatoms. The molecule has 0 radical (unpaired) electrons. The molecule has 0 amide bonds. The summed E-state index contributed by atoms with van der Waals surface area (Å²) >= 11 is 0. The molecule has 3 N–H and O–H groups in total. The second kappa shape index (κ2) is 6.53. The predicted octanol–water partition coefficient (Wildman–Crippen LogP) is 3.43. The van der Waals surface area contributed by atoms with E-state index in [9.17, 15) is 0 Å². The lowest BCUT2D eigenvalue weighted by Crippen LogP contribution is -2.47. The van der Waals surface area contributed by atoms with Gasteiger partial charge in [0.25, 0.3) is 0 Å². The van der Waals surface area contributed by atoms with Gasteiger partial charge in [-0.3, -0.25) is 0 Å². The van der Waals surface area contributed by atoms with E-state index < -0.39 is 0 Å². The molecule has 2 nitrogen and oxygen atoms in total. The Kier molecular flexibility index (Phi) is 5.00. The van der Waals surface area contributed by atoms with Crippen LogP contribution in [-0.4, -0.2) is 18.1 Å². The molecule has 1 aromatic carbocycles. The second-order valence-electron chi connectivity index (χ2n) is 6.21. The molecule has 1 atom stereocenters. The highest BCUT2D eigenvalue weighted by Gasteiger charge is 2.29. The Morgan fingerprint density at radius 2 is 1.89 bits per heavy atom. The van der Waals surface area contributed by atoms with Crippen molar-refractivity contribution < 1.29 is 0 Å². The van der Waals surface area contributed by atoms with E-state index in [2.05, 4.69) is 49.5 Å². The monoisotopic (exact) mass is 260 g/mol. The van der Waals surface area contributed by atoms with Gasteiger partial charge in [-0.05, 0) is 43.6 Å². The molecule has 19 heavy (non-hydrogen) atoms. The van der Waals surface area contributed by atoms with Gasteiger partial charge in [0.1, 0.15) is 0 Å². The van der Waals surface area contributed by atoms with E-state index in [1.165, 1.54) is 31.2 Å². The van der Waals surface area contributed by atoms with Crippen LogP contribution in [0.4, 0.5) is 0 Å². The number of nitrogens with one attached hydrogen (secondary N) is 1. The van der Waals surface area contributed by atoms with E-state index in [0.29, 0.717) is 12.0 Å². The summed E-state index contributed by atoms with van der Waals surface area (Å²) in [5.41, 5.74) is 7.88. The zero-order valence-corrected chi connectivity index (χ0v) is 12.4. The van der Waals surface area contributed by atoms with Crippen molar-refractivity contribution in [3.8, 4) is 0 Å². The maximum atomic E-state index is 6.34. The minimum Gasteiger partial charge on any atom is -0.325 e. The molecule has 1 fully saturated rings. The fraction of sp³-hybridized carbons (Fsp3) is 0.647. The highest BCUT2D eigenvalue weighted by molar-refractivity contribution is 5.19. The van der Waals surface area contributed by atoms with Gasteiger partial charge in [0.05, 0.1) is 0 Å². The van der Waals surface area contributed by atoms with Crippen molar-refractivity contribution in [1.82, 2.24) is 5.32 Å². The summed E-state index contributed by atoms with van der Waals surface area (Å²) in [7, 11) is 0. The van der Waals surface area contributed by atoms with Crippen molar-refractivity contribution >= 4 is 0 Å². The van der Waals surface area contributed by atoms with E-state index in [-0.39, 0.29) is 5.54 Å². The van der Waals surface area contributed by atoms with E-state index in [1.54, 1.807) is 0 Å². The van der Waals surface area contributed by atoms with E-state index >= 15 is 0 Å². The molecule has 0 saturated heterocycles. The Morgan fingerprint density at radius 3 is 2.47 bits per heavy atom. The number of hydrogen-bond acceptors (Lipinski definition) is 2. The maximum absolute atomic E-state index is 6.34. The lowest BCUT2D eigenvalue weighted by molar-refractivity contribution is 0.242. The van der Waals surface area contributed by atoms with Gasteiger partial charge in [-0.25, -0.2) is 0 Å². The lowest BCUT2D eigenvalue weighted by Gasteiger charge is -2.37. The van der Waals surface area contributed by atoms with Crippen molar-refractivity contribution in [2.75, 3.05) is 6.54 Å². The third-order valence-electron chi connectivity index (χ3n) is 4.77. The van der Waals surface area contributed by atoms with Crippen LogP contribution in [0.5, 0.6) is 0 Å². The third-order valence-corrected chi connectivity index (χ3v) is 4.77. The Hall–Kier alpha value is -0.860. The summed E-state index contributed by atoms with van der Waals surface area (Å²) in [6.07, 6.45) is 5.90. The molecule has 0 aromatic heterocycles. The van der Waals surface area contributed by atoms with Crippen LogP contribution in [0.1, 0.15) is 57.4 Å². The minimum atomic E-state index is 0.114. The first-order chi connectivity index (χ1) is 9.13. The van der Waals surface area contributed by atoms with Crippen molar-refractivity contribution in [2.45, 2.75) is 63.5 Å². The quantitative estimate of drug-likeness (QED) is 0.851. The maximum Gasteiger partial charge on any atom is 0.0152 e. The molecule has 0 spiro atoms. The number of nitrogens with two attached hydrogens (primary N) is 1. The zero-order valence-electron chi connectivity index (χ0n) is 12.4. The molecule has 2 rings (SSSR count). The predicted molar refractivity (Wildman–Crippen MR) is 82.3 cm³/mol. The summed E-state index contributed by atoms with van der Waals surface area (Å²) in [6, 6.07) is 11.4. The largest absolute Gasteiger partial charge is 0.325 e. The van der Waals surface area contributed by atoms with Crippen LogP contribution in [0.2, 0.25) is 0 Å². The van der Waals surface area contributed by atoms with E-state index in [1.807, 2.05) is 0 Å². The van der Waals surface area contributed by atoms with Crippen LogP contribution in [-0.2, 0) is 0 Å². The Morgan fingerprint density at radius 1 is 1.26 bits per heavy atom. The molecule has 0 bridgehead atoms. The minimum absolute atomic E-state index is 0.114. The third kappa shape index (κ3) is 4.05. The number of benzene rings is 1. The molecule has 1 saturated carbocycles. The fourth-order valence-electron chi connectivity index (χ4n) is 2.99. The van der Waals surface area contributed by atoms with Crippen molar-refractivity contribution in [3.63, 3.8) is 0 Å². The second-order valence-corrected chi connectivity index (χ2v) is 6.21. The number of rotatable bonds is 5. The first-order valence-electron chi connectivity index (χ1n) is 7.70. The average molecular weight is 260 g/mol. The molecule has 1 aromatic rings. The number of hydrogen-bond donors (Lipinski definition) is 2. The summed E-state index contributed by atoms with van der Waals surface area (Å²) in [5, 5.41) is 3.73. The van der Waals surface area contributed by atoms with Gasteiger partial charge >= 0.3 is 0 Å². The highest BCUT2D eigenvalue weighted by Crippen LogP contribution is 2.29. The first kappa shape index (κ1) is 14.5. The molecule has 106 valence electrons. The molecule has 1 unspecified atom stereocenters. The lowest BCUT2D eigenvalue weighted by atomic mass is 9.78. The summed E-state index contributed by atoms with van der Waals surface area (Å²) in [6.45, 7) is 5.58. The van der Waals surface area contributed by atoms with Crippen LogP contribution in [0.25, 0.3) is 0 Å². The van der Waals surface area contributed by atoms with Crippen LogP contribution >= 0.6 is 0 Å². The molecule has 1 aliphatic rings. The van der Waals surface area contributed by atoms with Gasteiger partial charge in [0, 0.05) is 18.1 Å². The summed E-state index contributed by atoms with van der Waals surface area (Å²) in [5.74, 6) is 0.580. The van der Waals surface area contributed by atoms with Gasteiger partial charge in [-0.2, -0.15) is 0 Å². The van der Waals surface area contributed by atoms with Crippen molar-refractivity contribution in [2.24, 2.45) is 5.73 Å². The molecular formula is C17H28N2. The summed E-state index contributed by atoms with van der Waals surface area (Å²) in [4.78, 5) is 0. The fourth-order valence-corrected chi connectivity index (χ4v) is 2.99. The van der Waals surface area contributed by atoms with Crippen LogP contribution in [0, 0.1) is 0 Å². The molecule has 0 aliphatic heterocycles. The Bertz CT molecular complexity index is 366. The topological polar surface area (TPSA) is 38.0 Å². The highest BCUT2D eigenvalue weighted by atomic mass is 14.9. The average Bonchev–Trinajstić information content (AvgIpc) is 2.47. The van der Waals surface area contributed by atoms with Gasteiger partial charge in [0.2, 0.25) is 0 Å². The zero-order chi connectivity index (χ0) is 13.7. The van der Waals surface area contributed by atoms with Crippen LogP contribution in [0.15, 0.2) is 30.3 Å². The van der Waals surface area contributed by atoms with Gasteiger partial charge < -0.3 is 11.1 Å². The van der Waals surface area contributed by atoms with Crippen molar-refractivity contribution in [3.05, 3.63) is 35.9 Å². The van der Waals surface area contributed by atoms with Gasteiger partial charge in [0.15, 0.2) is 0 Å². The Balaban J connectivity index is 1.75. The van der Waals surface area contributed by atoms with Gasteiger partial charge in [-0.15, -0.1) is 0 Å². The molecule has 0 heterocycles. The van der Waals surface area contributed by atoms with Crippen LogP contribution in [0.3, 0.4) is 0 Å². The van der Waals surface area contributed by atoms with E-state index in [0.717, 1.165) is 13.0 Å². The summed E-state index contributed by atoms with van der Waals surface area (Å²) < 4.78 is 0. The van der Waals surface area contributed by atoms with Crippen molar-refractivity contribution in [1.29, 1.82) is 0 Å².